The zero-order valence-electron chi connectivity index (χ0n) is 10.5. The zero-order valence-corrected chi connectivity index (χ0v) is 10.5. The lowest BCUT2D eigenvalue weighted by Gasteiger charge is -2.16. The van der Waals surface area contributed by atoms with E-state index < -0.39 is 0 Å². The Balaban J connectivity index is 2.47. The van der Waals surface area contributed by atoms with E-state index >= 15 is 0 Å². The lowest BCUT2D eigenvalue weighted by atomic mass is 10.2. The molecule has 0 aliphatic carbocycles. The van der Waals surface area contributed by atoms with Gasteiger partial charge in [0, 0.05) is 17.8 Å². The lowest BCUT2D eigenvalue weighted by Crippen LogP contribution is -2.25. The van der Waals surface area contributed by atoms with E-state index in [2.05, 4.69) is 49.5 Å². The van der Waals surface area contributed by atoms with Gasteiger partial charge in [-0.2, -0.15) is 0 Å². The standard InChI is InChI=1S/C12H23N3/c1-9(2)13-7-6-10(3)15-8-14-11(4)12(15)5/h8-10,13H,6-7H2,1-5H3. The molecule has 15 heavy (non-hydrogen) atoms. The summed E-state index contributed by atoms with van der Waals surface area (Å²) >= 11 is 0. The number of nitrogens with zero attached hydrogens (tertiary/aromatic N) is 2. The van der Waals surface area contributed by atoms with Gasteiger partial charge in [-0.25, -0.2) is 4.98 Å². The highest BCUT2D eigenvalue weighted by Crippen LogP contribution is 2.15. The predicted octanol–water partition coefficient (Wildman–Crippen LogP) is 2.45. The minimum atomic E-state index is 0.525. The van der Waals surface area contributed by atoms with Crippen LogP contribution in [0, 0.1) is 13.8 Å². The molecule has 86 valence electrons. The van der Waals surface area contributed by atoms with Crippen molar-refractivity contribution >= 4 is 0 Å². The van der Waals surface area contributed by atoms with E-state index in [4.69, 9.17) is 0 Å². The molecular weight excluding hydrogens is 186 g/mol. The van der Waals surface area contributed by atoms with E-state index in [1.807, 2.05) is 6.33 Å². The first-order chi connectivity index (χ1) is 7.02. The molecule has 1 aromatic heterocycles. The summed E-state index contributed by atoms with van der Waals surface area (Å²) in [6.07, 6.45) is 3.10. The third-order valence-corrected chi connectivity index (χ3v) is 2.88. The Morgan fingerprint density at radius 3 is 2.47 bits per heavy atom. The molecule has 0 aliphatic heterocycles. The van der Waals surface area contributed by atoms with Gasteiger partial charge >= 0.3 is 0 Å². The fraction of sp³-hybridized carbons (Fsp3) is 0.750. The van der Waals surface area contributed by atoms with Crippen LogP contribution in [0.3, 0.4) is 0 Å². The van der Waals surface area contributed by atoms with Gasteiger partial charge in [-0.05, 0) is 33.7 Å². The largest absolute Gasteiger partial charge is 0.332 e. The van der Waals surface area contributed by atoms with Crippen LogP contribution in [0.2, 0.25) is 0 Å². The SMILES string of the molecule is Cc1ncn(C(C)CCNC(C)C)c1C. The third kappa shape index (κ3) is 3.34. The van der Waals surface area contributed by atoms with Gasteiger partial charge in [0.15, 0.2) is 0 Å². The molecule has 1 unspecified atom stereocenters. The van der Waals surface area contributed by atoms with Gasteiger partial charge in [-0.1, -0.05) is 13.8 Å². The number of hydrogen-bond acceptors (Lipinski definition) is 2. The van der Waals surface area contributed by atoms with Gasteiger partial charge in [0.1, 0.15) is 0 Å². The average Bonchev–Trinajstić information content (AvgIpc) is 2.47. The molecule has 0 spiro atoms. The van der Waals surface area contributed by atoms with Crippen LogP contribution in [0.1, 0.15) is 44.6 Å². The topological polar surface area (TPSA) is 29.9 Å². The Morgan fingerprint density at radius 2 is 2.00 bits per heavy atom. The second-order valence-electron chi connectivity index (χ2n) is 4.57. The molecule has 3 nitrogen and oxygen atoms in total. The van der Waals surface area contributed by atoms with Crippen LogP contribution in [0.25, 0.3) is 0 Å². The molecule has 1 rings (SSSR count). The highest BCUT2D eigenvalue weighted by Gasteiger charge is 2.08. The second-order valence-corrected chi connectivity index (χ2v) is 4.57. The van der Waals surface area contributed by atoms with Crippen molar-refractivity contribution in [2.24, 2.45) is 0 Å². The van der Waals surface area contributed by atoms with Gasteiger partial charge in [0.25, 0.3) is 0 Å². The smallest absolute Gasteiger partial charge is 0.0953 e. The van der Waals surface area contributed by atoms with Crippen molar-refractivity contribution in [3.8, 4) is 0 Å². The molecule has 0 bridgehead atoms. The van der Waals surface area contributed by atoms with Crippen molar-refractivity contribution in [3.63, 3.8) is 0 Å². The molecule has 0 aliphatic rings. The van der Waals surface area contributed by atoms with E-state index in [-0.39, 0.29) is 0 Å². The Labute approximate surface area is 92.9 Å². The fourth-order valence-electron chi connectivity index (χ4n) is 1.68. The van der Waals surface area contributed by atoms with Gasteiger partial charge < -0.3 is 9.88 Å². The second kappa shape index (κ2) is 5.31. The Morgan fingerprint density at radius 1 is 1.33 bits per heavy atom. The fourth-order valence-corrected chi connectivity index (χ4v) is 1.68. The van der Waals surface area contributed by atoms with Crippen molar-refractivity contribution < 1.29 is 0 Å². The average molecular weight is 209 g/mol. The molecule has 0 saturated heterocycles. The van der Waals surface area contributed by atoms with Crippen molar-refractivity contribution in [3.05, 3.63) is 17.7 Å². The molecule has 1 aromatic rings. The van der Waals surface area contributed by atoms with Crippen molar-refractivity contribution in [1.82, 2.24) is 14.9 Å². The van der Waals surface area contributed by atoms with Crippen LogP contribution in [0.5, 0.6) is 0 Å². The van der Waals surface area contributed by atoms with E-state index in [0.717, 1.165) is 18.7 Å². The van der Waals surface area contributed by atoms with Crippen LogP contribution >= 0.6 is 0 Å². The molecular formula is C12H23N3. The van der Waals surface area contributed by atoms with Crippen molar-refractivity contribution in [1.29, 1.82) is 0 Å². The highest BCUT2D eigenvalue weighted by atomic mass is 15.1. The quantitative estimate of drug-likeness (QED) is 0.807. The van der Waals surface area contributed by atoms with Crippen LogP contribution in [0.15, 0.2) is 6.33 Å². The van der Waals surface area contributed by atoms with Gasteiger partial charge in [0.2, 0.25) is 0 Å². The first kappa shape index (κ1) is 12.2. The maximum Gasteiger partial charge on any atom is 0.0953 e. The summed E-state index contributed by atoms with van der Waals surface area (Å²) < 4.78 is 2.26. The summed E-state index contributed by atoms with van der Waals surface area (Å²) in [5.41, 5.74) is 2.42. The van der Waals surface area contributed by atoms with Crippen LogP contribution < -0.4 is 5.32 Å². The molecule has 0 amide bonds. The number of aryl methyl sites for hydroxylation is 1. The summed E-state index contributed by atoms with van der Waals surface area (Å²) in [7, 11) is 0. The van der Waals surface area contributed by atoms with E-state index in [1.54, 1.807) is 0 Å². The molecule has 0 fully saturated rings. The van der Waals surface area contributed by atoms with Crippen LogP contribution in [0.4, 0.5) is 0 Å². The predicted molar refractivity (Wildman–Crippen MR) is 64.2 cm³/mol. The zero-order chi connectivity index (χ0) is 11.4. The molecule has 1 N–H and O–H groups in total. The maximum absolute atomic E-state index is 4.32. The highest BCUT2D eigenvalue weighted by molar-refractivity contribution is 5.09. The summed E-state index contributed by atoms with van der Waals surface area (Å²) in [5.74, 6) is 0. The number of nitrogens with one attached hydrogen (secondary N) is 1. The molecule has 1 heterocycles. The van der Waals surface area contributed by atoms with Crippen LogP contribution in [-0.4, -0.2) is 22.1 Å². The number of aromatic nitrogens is 2. The summed E-state index contributed by atoms with van der Waals surface area (Å²) in [6, 6.07) is 1.10. The number of rotatable bonds is 5. The summed E-state index contributed by atoms with van der Waals surface area (Å²) in [5, 5.41) is 3.44. The minimum absolute atomic E-state index is 0.525. The van der Waals surface area contributed by atoms with Gasteiger partial charge in [-0.3, -0.25) is 0 Å². The van der Waals surface area contributed by atoms with E-state index in [9.17, 15) is 0 Å². The van der Waals surface area contributed by atoms with Crippen molar-refractivity contribution in [2.75, 3.05) is 6.54 Å². The Bertz CT molecular complexity index is 302. The Kier molecular flexibility index (Phi) is 4.33. The minimum Gasteiger partial charge on any atom is -0.332 e. The first-order valence-electron chi connectivity index (χ1n) is 5.75. The van der Waals surface area contributed by atoms with Crippen molar-refractivity contribution in [2.45, 2.75) is 53.1 Å². The molecule has 3 heteroatoms. The Hall–Kier alpha value is -0.830. The first-order valence-corrected chi connectivity index (χ1v) is 5.75. The summed E-state index contributed by atoms with van der Waals surface area (Å²) in [6.45, 7) is 11.9. The van der Waals surface area contributed by atoms with E-state index in [0.29, 0.717) is 12.1 Å². The molecule has 0 saturated carbocycles. The monoisotopic (exact) mass is 209 g/mol. The van der Waals surface area contributed by atoms with Gasteiger partial charge in [0.05, 0.1) is 12.0 Å². The number of imidazole rings is 1. The molecule has 1 atom stereocenters. The lowest BCUT2D eigenvalue weighted by molar-refractivity contribution is 0.458. The normalized spacial score (nSPS) is 13.5. The number of hydrogen-bond donors (Lipinski definition) is 1. The maximum atomic E-state index is 4.32. The molecule has 0 aromatic carbocycles. The van der Waals surface area contributed by atoms with Gasteiger partial charge in [-0.15, -0.1) is 0 Å². The van der Waals surface area contributed by atoms with Crippen LogP contribution in [-0.2, 0) is 0 Å². The van der Waals surface area contributed by atoms with E-state index in [1.165, 1.54) is 5.69 Å². The summed E-state index contributed by atoms with van der Waals surface area (Å²) in [4.78, 5) is 4.32. The third-order valence-electron chi connectivity index (χ3n) is 2.88. The molecule has 0 radical (unpaired) electrons.